The number of nitrogens with zero attached hydrogens (tertiary/aromatic N) is 3. The minimum absolute atomic E-state index is 0.118. The molecule has 138 valence electrons. The molecule has 0 atom stereocenters. The molecular formula is C19H19N5O2S. The van der Waals surface area contributed by atoms with E-state index in [1.54, 1.807) is 41.9 Å². The van der Waals surface area contributed by atoms with E-state index in [0.717, 1.165) is 5.82 Å². The highest BCUT2D eigenvalue weighted by Crippen LogP contribution is 2.18. The number of hydrogen-bond acceptors (Lipinski definition) is 6. The Labute approximate surface area is 161 Å². The number of amides is 2. The molecule has 0 fully saturated rings. The summed E-state index contributed by atoms with van der Waals surface area (Å²) in [7, 11) is 3.80. The van der Waals surface area contributed by atoms with E-state index in [-0.39, 0.29) is 18.2 Å². The molecule has 0 saturated carbocycles. The summed E-state index contributed by atoms with van der Waals surface area (Å²) in [6, 6.07) is 12.5. The Hall–Kier alpha value is -3.26. The van der Waals surface area contributed by atoms with Crippen molar-refractivity contribution in [2.24, 2.45) is 0 Å². The molecule has 0 bridgehead atoms. The van der Waals surface area contributed by atoms with Gasteiger partial charge in [0.05, 0.1) is 24.0 Å². The van der Waals surface area contributed by atoms with Gasteiger partial charge in [-0.3, -0.25) is 14.9 Å². The average molecular weight is 381 g/mol. The Morgan fingerprint density at radius 1 is 1.07 bits per heavy atom. The number of anilines is 3. The normalized spacial score (nSPS) is 10.3. The second-order valence-corrected chi connectivity index (χ2v) is 6.85. The van der Waals surface area contributed by atoms with Gasteiger partial charge in [-0.25, -0.2) is 9.97 Å². The summed E-state index contributed by atoms with van der Waals surface area (Å²) in [6.45, 7) is 0. The minimum atomic E-state index is -0.229. The number of nitrogens with one attached hydrogen (secondary N) is 2. The molecule has 2 amide bonds. The topological polar surface area (TPSA) is 87.2 Å². The van der Waals surface area contributed by atoms with Crippen LogP contribution in [0.5, 0.6) is 0 Å². The van der Waals surface area contributed by atoms with Crippen LogP contribution < -0.4 is 15.5 Å². The second-order valence-electron chi connectivity index (χ2n) is 5.99. The molecule has 3 aromatic rings. The molecule has 0 aliphatic heterocycles. The summed E-state index contributed by atoms with van der Waals surface area (Å²) in [6.07, 6.45) is 1.73. The molecule has 1 aromatic carbocycles. The summed E-state index contributed by atoms with van der Waals surface area (Å²) in [5, 5.41) is 7.75. The summed E-state index contributed by atoms with van der Waals surface area (Å²) < 4.78 is 0. The van der Waals surface area contributed by atoms with Crippen LogP contribution in [0.1, 0.15) is 16.1 Å². The van der Waals surface area contributed by atoms with Gasteiger partial charge in [0.15, 0.2) is 5.13 Å². The fourth-order valence-corrected chi connectivity index (χ4v) is 3.00. The first kappa shape index (κ1) is 18.5. The molecule has 2 N–H and O–H groups in total. The number of pyridine rings is 1. The van der Waals surface area contributed by atoms with Crippen molar-refractivity contribution in [1.82, 2.24) is 9.97 Å². The number of thiazole rings is 1. The first-order chi connectivity index (χ1) is 13.0. The van der Waals surface area contributed by atoms with Crippen LogP contribution in [0.15, 0.2) is 54.0 Å². The van der Waals surface area contributed by atoms with E-state index in [1.165, 1.54) is 11.3 Å². The maximum absolute atomic E-state index is 12.2. The molecule has 7 nitrogen and oxygen atoms in total. The van der Waals surface area contributed by atoms with Crippen LogP contribution in [0.3, 0.4) is 0 Å². The van der Waals surface area contributed by atoms with Crippen LogP contribution in [0.2, 0.25) is 0 Å². The van der Waals surface area contributed by atoms with Crippen molar-refractivity contribution < 1.29 is 9.59 Å². The molecular weight excluding hydrogens is 362 g/mol. The van der Waals surface area contributed by atoms with Crippen LogP contribution >= 0.6 is 11.3 Å². The van der Waals surface area contributed by atoms with Gasteiger partial charge >= 0.3 is 0 Å². The van der Waals surface area contributed by atoms with Gasteiger partial charge in [0.2, 0.25) is 5.91 Å². The maximum Gasteiger partial charge on any atom is 0.257 e. The van der Waals surface area contributed by atoms with Gasteiger partial charge in [-0.1, -0.05) is 18.2 Å². The van der Waals surface area contributed by atoms with Crippen molar-refractivity contribution >= 4 is 39.8 Å². The lowest BCUT2D eigenvalue weighted by Crippen LogP contribution is -2.16. The highest BCUT2D eigenvalue weighted by atomic mass is 32.1. The molecule has 3 rings (SSSR count). The van der Waals surface area contributed by atoms with Gasteiger partial charge in [-0.15, -0.1) is 11.3 Å². The lowest BCUT2D eigenvalue weighted by atomic mass is 10.2. The number of hydrogen-bond donors (Lipinski definition) is 2. The number of carbonyl (C=O) groups excluding carboxylic acids is 2. The van der Waals surface area contributed by atoms with Crippen LogP contribution in [0.25, 0.3) is 0 Å². The molecule has 0 aliphatic carbocycles. The number of aromatic nitrogens is 2. The maximum atomic E-state index is 12.2. The van der Waals surface area contributed by atoms with E-state index in [2.05, 4.69) is 20.6 Å². The third-order valence-corrected chi connectivity index (χ3v) is 4.45. The quantitative estimate of drug-likeness (QED) is 0.685. The van der Waals surface area contributed by atoms with Crippen molar-refractivity contribution in [3.63, 3.8) is 0 Å². The van der Waals surface area contributed by atoms with E-state index >= 15 is 0 Å². The Kier molecular flexibility index (Phi) is 5.77. The van der Waals surface area contributed by atoms with Crippen LogP contribution in [-0.4, -0.2) is 35.9 Å². The van der Waals surface area contributed by atoms with Crippen LogP contribution in [-0.2, 0) is 11.2 Å². The van der Waals surface area contributed by atoms with E-state index in [0.29, 0.717) is 22.1 Å². The Bertz CT molecular complexity index is 923. The Balaban J connectivity index is 1.55. The standard InChI is InChI=1S/C19H19N5O2S/c1-24(2)16-9-8-14(11-20-16)21-17(25)10-15-12-27-19(22-15)23-18(26)13-6-4-3-5-7-13/h3-9,11-12H,10H2,1-2H3,(H,21,25)(H,22,23,26). The van der Waals surface area contributed by atoms with Gasteiger partial charge in [-0.05, 0) is 24.3 Å². The van der Waals surface area contributed by atoms with Crippen molar-refractivity contribution in [1.29, 1.82) is 0 Å². The summed E-state index contributed by atoms with van der Waals surface area (Å²) in [4.78, 5) is 34.7. The van der Waals surface area contributed by atoms with E-state index in [4.69, 9.17) is 0 Å². The second kappa shape index (κ2) is 8.41. The molecule has 0 unspecified atom stereocenters. The lowest BCUT2D eigenvalue weighted by Gasteiger charge is -2.11. The van der Waals surface area contributed by atoms with Gasteiger partial charge in [0.1, 0.15) is 5.82 Å². The predicted octanol–water partition coefficient (Wildman–Crippen LogP) is 3.04. The van der Waals surface area contributed by atoms with E-state index in [1.807, 2.05) is 31.1 Å². The Morgan fingerprint density at radius 3 is 2.52 bits per heavy atom. The molecule has 0 saturated heterocycles. The summed E-state index contributed by atoms with van der Waals surface area (Å²) in [5.74, 6) is 0.389. The smallest absolute Gasteiger partial charge is 0.257 e. The Morgan fingerprint density at radius 2 is 1.85 bits per heavy atom. The van der Waals surface area contributed by atoms with E-state index in [9.17, 15) is 9.59 Å². The highest BCUT2D eigenvalue weighted by Gasteiger charge is 2.11. The number of rotatable bonds is 6. The molecule has 0 spiro atoms. The molecule has 27 heavy (non-hydrogen) atoms. The lowest BCUT2D eigenvalue weighted by molar-refractivity contribution is -0.115. The fraction of sp³-hybridized carbons (Fsp3) is 0.158. The van der Waals surface area contributed by atoms with Gasteiger partial charge in [0.25, 0.3) is 5.91 Å². The van der Waals surface area contributed by atoms with Crippen molar-refractivity contribution in [2.45, 2.75) is 6.42 Å². The van der Waals surface area contributed by atoms with E-state index < -0.39 is 0 Å². The monoisotopic (exact) mass is 381 g/mol. The van der Waals surface area contributed by atoms with Crippen molar-refractivity contribution in [3.8, 4) is 0 Å². The van der Waals surface area contributed by atoms with Crippen LogP contribution in [0, 0.1) is 0 Å². The third-order valence-electron chi connectivity index (χ3n) is 3.64. The zero-order valence-electron chi connectivity index (χ0n) is 15.0. The van der Waals surface area contributed by atoms with Crippen molar-refractivity contribution in [2.75, 3.05) is 29.6 Å². The SMILES string of the molecule is CN(C)c1ccc(NC(=O)Cc2csc(NC(=O)c3ccccc3)n2)cn1. The third kappa shape index (κ3) is 5.11. The van der Waals surface area contributed by atoms with Gasteiger partial charge < -0.3 is 10.2 Å². The summed E-state index contributed by atoms with van der Waals surface area (Å²) in [5.41, 5.74) is 1.78. The first-order valence-corrected chi connectivity index (χ1v) is 9.13. The molecule has 8 heteroatoms. The van der Waals surface area contributed by atoms with Crippen LogP contribution in [0.4, 0.5) is 16.6 Å². The molecule has 2 heterocycles. The largest absolute Gasteiger partial charge is 0.363 e. The fourth-order valence-electron chi connectivity index (χ4n) is 2.30. The molecule has 0 radical (unpaired) electrons. The van der Waals surface area contributed by atoms with Crippen molar-refractivity contribution in [3.05, 3.63) is 65.3 Å². The number of benzene rings is 1. The molecule has 2 aromatic heterocycles. The highest BCUT2D eigenvalue weighted by molar-refractivity contribution is 7.14. The summed E-state index contributed by atoms with van der Waals surface area (Å²) >= 11 is 1.29. The van der Waals surface area contributed by atoms with Gasteiger partial charge in [-0.2, -0.15) is 0 Å². The van der Waals surface area contributed by atoms with Gasteiger partial charge in [0, 0.05) is 25.0 Å². The predicted molar refractivity (Wildman–Crippen MR) is 107 cm³/mol. The first-order valence-electron chi connectivity index (χ1n) is 8.25. The zero-order valence-corrected chi connectivity index (χ0v) is 15.8. The number of carbonyl (C=O) groups is 2. The minimum Gasteiger partial charge on any atom is -0.363 e. The average Bonchev–Trinajstić information content (AvgIpc) is 3.09. The zero-order chi connectivity index (χ0) is 19.2. The molecule has 0 aliphatic rings.